The minimum atomic E-state index is 0.415. The fourth-order valence-electron chi connectivity index (χ4n) is 2.34. The molecule has 1 heterocycles. The van der Waals surface area contributed by atoms with E-state index in [0.29, 0.717) is 12.0 Å². The van der Waals surface area contributed by atoms with E-state index < -0.39 is 0 Å². The summed E-state index contributed by atoms with van der Waals surface area (Å²) < 4.78 is 0. The van der Waals surface area contributed by atoms with Crippen molar-refractivity contribution in [1.82, 2.24) is 10.6 Å². The zero-order valence-corrected chi connectivity index (χ0v) is 9.72. The van der Waals surface area contributed by atoms with E-state index in [2.05, 4.69) is 22.8 Å². The average molecular weight is 225 g/mol. The third kappa shape index (κ3) is 2.51. The van der Waals surface area contributed by atoms with Crippen LogP contribution in [-0.4, -0.2) is 20.1 Å². The maximum atomic E-state index is 6.01. The van der Waals surface area contributed by atoms with Gasteiger partial charge in [-0.15, -0.1) is 0 Å². The predicted molar refractivity (Wildman–Crippen MR) is 64.2 cm³/mol. The molecule has 2 unspecified atom stereocenters. The second-order valence-electron chi connectivity index (χ2n) is 4.07. The van der Waals surface area contributed by atoms with Gasteiger partial charge >= 0.3 is 0 Å². The van der Waals surface area contributed by atoms with Crippen LogP contribution in [0, 0.1) is 5.92 Å². The molecule has 1 saturated heterocycles. The van der Waals surface area contributed by atoms with Crippen LogP contribution in [0.1, 0.15) is 18.0 Å². The van der Waals surface area contributed by atoms with E-state index >= 15 is 0 Å². The Bertz CT molecular complexity index is 321. The number of rotatable bonds is 3. The second kappa shape index (κ2) is 4.97. The molecule has 0 bridgehead atoms. The van der Waals surface area contributed by atoms with Crippen LogP contribution < -0.4 is 10.6 Å². The van der Waals surface area contributed by atoms with Gasteiger partial charge in [0.25, 0.3) is 0 Å². The van der Waals surface area contributed by atoms with Crippen molar-refractivity contribution < 1.29 is 0 Å². The van der Waals surface area contributed by atoms with E-state index in [0.717, 1.165) is 18.1 Å². The lowest BCUT2D eigenvalue weighted by molar-refractivity contribution is 0.410. The van der Waals surface area contributed by atoms with Gasteiger partial charge in [-0.05, 0) is 50.2 Å². The van der Waals surface area contributed by atoms with Gasteiger partial charge in [-0.3, -0.25) is 0 Å². The normalized spacial score (nSPS) is 22.9. The van der Waals surface area contributed by atoms with Crippen LogP contribution in [0.4, 0.5) is 0 Å². The number of halogens is 1. The molecule has 0 radical (unpaired) electrons. The minimum absolute atomic E-state index is 0.415. The first kappa shape index (κ1) is 10.9. The van der Waals surface area contributed by atoms with Crippen LogP contribution >= 0.6 is 11.6 Å². The first-order chi connectivity index (χ1) is 7.31. The van der Waals surface area contributed by atoms with E-state index in [4.69, 9.17) is 11.6 Å². The van der Waals surface area contributed by atoms with Crippen molar-refractivity contribution in [3.8, 4) is 0 Å². The maximum absolute atomic E-state index is 6.01. The lowest BCUT2D eigenvalue weighted by Crippen LogP contribution is -2.26. The Hall–Kier alpha value is -0.570. The fraction of sp³-hybridized carbons (Fsp3) is 0.500. The van der Waals surface area contributed by atoms with Crippen molar-refractivity contribution in [1.29, 1.82) is 0 Å². The molecule has 1 aromatic carbocycles. The molecule has 2 atom stereocenters. The van der Waals surface area contributed by atoms with Gasteiger partial charge in [0.1, 0.15) is 0 Å². The Morgan fingerprint density at radius 3 is 3.00 bits per heavy atom. The minimum Gasteiger partial charge on any atom is -0.316 e. The highest BCUT2D eigenvalue weighted by Gasteiger charge is 2.24. The van der Waals surface area contributed by atoms with Crippen molar-refractivity contribution in [3.05, 3.63) is 34.9 Å². The molecule has 0 aliphatic carbocycles. The molecule has 1 aliphatic rings. The fourth-order valence-corrected chi connectivity index (χ4v) is 2.53. The number of hydrogen-bond acceptors (Lipinski definition) is 2. The van der Waals surface area contributed by atoms with Gasteiger partial charge in [0.15, 0.2) is 0 Å². The summed E-state index contributed by atoms with van der Waals surface area (Å²) >= 11 is 6.01. The average Bonchev–Trinajstić information content (AvgIpc) is 2.72. The molecule has 0 saturated carbocycles. The first-order valence-corrected chi connectivity index (χ1v) is 5.82. The van der Waals surface area contributed by atoms with Crippen LogP contribution in [0.3, 0.4) is 0 Å². The summed E-state index contributed by atoms with van der Waals surface area (Å²) in [6.45, 7) is 2.22. The maximum Gasteiger partial charge on any atom is 0.0409 e. The van der Waals surface area contributed by atoms with Crippen LogP contribution in [-0.2, 0) is 0 Å². The molecular weight excluding hydrogens is 208 g/mol. The van der Waals surface area contributed by atoms with Crippen molar-refractivity contribution >= 4 is 11.6 Å². The third-order valence-electron chi connectivity index (χ3n) is 3.09. The quantitative estimate of drug-likeness (QED) is 0.823. The lowest BCUT2D eigenvalue weighted by atomic mass is 9.92. The summed E-state index contributed by atoms with van der Waals surface area (Å²) in [5, 5.41) is 7.61. The summed E-state index contributed by atoms with van der Waals surface area (Å²) in [5.74, 6) is 0.675. The van der Waals surface area contributed by atoms with E-state index in [9.17, 15) is 0 Å². The van der Waals surface area contributed by atoms with Gasteiger partial charge in [0, 0.05) is 11.1 Å². The third-order valence-corrected chi connectivity index (χ3v) is 3.32. The highest BCUT2D eigenvalue weighted by molar-refractivity contribution is 6.30. The lowest BCUT2D eigenvalue weighted by Gasteiger charge is -2.22. The predicted octanol–water partition coefficient (Wildman–Crippen LogP) is 2.21. The Morgan fingerprint density at radius 1 is 1.53 bits per heavy atom. The van der Waals surface area contributed by atoms with Gasteiger partial charge in [-0.1, -0.05) is 23.7 Å². The monoisotopic (exact) mass is 224 g/mol. The summed E-state index contributed by atoms with van der Waals surface area (Å²) in [6.07, 6.45) is 1.23. The zero-order chi connectivity index (χ0) is 10.7. The molecule has 82 valence electrons. The van der Waals surface area contributed by atoms with E-state index in [1.54, 1.807) is 0 Å². The molecule has 0 aromatic heterocycles. The Balaban J connectivity index is 2.18. The van der Waals surface area contributed by atoms with Gasteiger partial charge in [-0.2, -0.15) is 0 Å². The van der Waals surface area contributed by atoms with E-state index in [-0.39, 0.29) is 0 Å². The van der Waals surface area contributed by atoms with Gasteiger partial charge in [0.2, 0.25) is 0 Å². The smallest absolute Gasteiger partial charge is 0.0409 e. The highest BCUT2D eigenvalue weighted by atomic mass is 35.5. The second-order valence-corrected chi connectivity index (χ2v) is 4.51. The summed E-state index contributed by atoms with van der Waals surface area (Å²) in [5.41, 5.74) is 1.29. The molecule has 1 fully saturated rings. The molecule has 3 heteroatoms. The number of benzene rings is 1. The van der Waals surface area contributed by atoms with Crippen molar-refractivity contribution in [2.75, 3.05) is 20.1 Å². The SMILES string of the molecule is CNC(c1cccc(Cl)c1)C1CCNC1. The van der Waals surface area contributed by atoms with Gasteiger partial charge in [-0.25, -0.2) is 0 Å². The van der Waals surface area contributed by atoms with Crippen LogP contribution in [0.2, 0.25) is 5.02 Å². The highest BCUT2D eigenvalue weighted by Crippen LogP contribution is 2.27. The Kier molecular flexibility index (Phi) is 3.62. The van der Waals surface area contributed by atoms with Crippen molar-refractivity contribution in [2.24, 2.45) is 5.92 Å². The molecule has 2 nitrogen and oxygen atoms in total. The van der Waals surface area contributed by atoms with Crippen LogP contribution in [0.5, 0.6) is 0 Å². The molecule has 2 rings (SSSR count). The first-order valence-electron chi connectivity index (χ1n) is 5.44. The van der Waals surface area contributed by atoms with Crippen molar-refractivity contribution in [3.63, 3.8) is 0 Å². The largest absolute Gasteiger partial charge is 0.316 e. The molecule has 1 aliphatic heterocycles. The number of hydrogen-bond donors (Lipinski definition) is 2. The number of nitrogens with one attached hydrogen (secondary N) is 2. The molecular formula is C12H17ClN2. The standard InChI is InChI=1S/C12H17ClN2/c1-14-12(10-5-6-15-8-10)9-3-2-4-11(13)7-9/h2-4,7,10,12,14-15H,5-6,8H2,1H3. The topological polar surface area (TPSA) is 24.1 Å². The molecule has 2 N–H and O–H groups in total. The van der Waals surface area contributed by atoms with Crippen LogP contribution in [0.15, 0.2) is 24.3 Å². The van der Waals surface area contributed by atoms with Crippen molar-refractivity contribution in [2.45, 2.75) is 12.5 Å². The summed E-state index contributed by atoms with van der Waals surface area (Å²) in [7, 11) is 2.02. The molecule has 0 spiro atoms. The summed E-state index contributed by atoms with van der Waals surface area (Å²) in [6, 6.07) is 8.56. The summed E-state index contributed by atoms with van der Waals surface area (Å²) in [4.78, 5) is 0. The van der Waals surface area contributed by atoms with Gasteiger partial charge < -0.3 is 10.6 Å². The van der Waals surface area contributed by atoms with E-state index in [1.165, 1.54) is 12.0 Å². The zero-order valence-electron chi connectivity index (χ0n) is 8.96. The Morgan fingerprint density at radius 2 is 2.40 bits per heavy atom. The molecule has 0 amide bonds. The Labute approximate surface area is 96.0 Å². The van der Waals surface area contributed by atoms with Gasteiger partial charge in [0.05, 0.1) is 0 Å². The van der Waals surface area contributed by atoms with E-state index in [1.807, 2.05) is 19.2 Å². The van der Waals surface area contributed by atoms with Crippen LogP contribution in [0.25, 0.3) is 0 Å². The molecule has 1 aromatic rings. The molecule has 15 heavy (non-hydrogen) atoms.